The molecule has 23 heavy (non-hydrogen) atoms. The summed E-state index contributed by atoms with van der Waals surface area (Å²) in [5, 5.41) is 7.19. The van der Waals surface area contributed by atoms with E-state index in [-0.39, 0.29) is 5.03 Å². The molecule has 2 aromatic heterocycles. The van der Waals surface area contributed by atoms with E-state index in [2.05, 4.69) is 15.2 Å². The summed E-state index contributed by atoms with van der Waals surface area (Å²) in [5.41, 5.74) is 2.99. The molecule has 0 aliphatic carbocycles. The van der Waals surface area contributed by atoms with E-state index in [0.717, 1.165) is 11.1 Å². The average molecular weight is 330 g/mol. The minimum absolute atomic E-state index is 0.0726. The first-order chi connectivity index (χ1) is 10.9. The Kier molecular flexibility index (Phi) is 3.81. The number of H-pyrrole nitrogens is 1. The van der Waals surface area contributed by atoms with E-state index in [1.165, 1.54) is 4.31 Å². The van der Waals surface area contributed by atoms with Crippen LogP contribution in [-0.4, -0.2) is 30.1 Å². The van der Waals surface area contributed by atoms with Gasteiger partial charge in [-0.25, -0.2) is 4.98 Å². The fraction of sp³-hybridized carbons (Fsp3) is 0.250. The molecule has 6 nitrogen and oxygen atoms in total. The Hall–Kier alpha value is -2.41. The predicted octanol–water partition coefficient (Wildman–Crippen LogP) is 2.79. The van der Waals surface area contributed by atoms with Gasteiger partial charge in [-0.05, 0) is 50.1 Å². The van der Waals surface area contributed by atoms with Crippen LogP contribution < -0.4 is 4.31 Å². The Morgan fingerprint density at radius 3 is 2.74 bits per heavy atom. The number of nitrogens with one attached hydrogen (secondary N) is 1. The number of aryl methyl sites for hydroxylation is 2. The zero-order chi connectivity index (χ0) is 16.6. The van der Waals surface area contributed by atoms with Crippen molar-refractivity contribution < 1.29 is 8.42 Å². The van der Waals surface area contributed by atoms with E-state index < -0.39 is 10.0 Å². The maximum absolute atomic E-state index is 13.1. The number of nitrogens with zero attached hydrogens (tertiary/aromatic N) is 3. The smallest absolute Gasteiger partial charge is 0.265 e. The Labute approximate surface area is 135 Å². The summed E-state index contributed by atoms with van der Waals surface area (Å²) in [6, 6.07) is 9.18. The third kappa shape index (κ3) is 2.57. The minimum Gasteiger partial charge on any atom is -0.265 e. The van der Waals surface area contributed by atoms with Gasteiger partial charge in [0.1, 0.15) is 0 Å². The second-order valence-electron chi connectivity index (χ2n) is 5.39. The molecule has 0 aliphatic rings. The number of benzene rings is 1. The van der Waals surface area contributed by atoms with Crippen molar-refractivity contribution in [1.29, 1.82) is 0 Å². The summed E-state index contributed by atoms with van der Waals surface area (Å²) in [5.74, 6) is 0. The number of aromatic nitrogens is 3. The number of hydrogen-bond donors (Lipinski definition) is 1. The van der Waals surface area contributed by atoms with E-state index in [4.69, 9.17) is 0 Å². The van der Waals surface area contributed by atoms with Gasteiger partial charge in [0, 0.05) is 12.7 Å². The molecule has 0 saturated heterocycles. The highest BCUT2D eigenvalue weighted by atomic mass is 32.2. The molecule has 0 amide bonds. The van der Waals surface area contributed by atoms with Crippen molar-refractivity contribution in [2.24, 2.45) is 0 Å². The van der Waals surface area contributed by atoms with Crippen molar-refractivity contribution in [3.8, 4) is 0 Å². The molecule has 120 valence electrons. The quantitative estimate of drug-likeness (QED) is 0.798. The summed E-state index contributed by atoms with van der Waals surface area (Å²) < 4.78 is 27.7. The molecular formula is C16H18N4O2S. The lowest BCUT2D eigenvalue weighted by atomic mass is 10.1. The standard InChI is InChI=1S/C16H18N4O2S/c1-4-20(14-10-11(2)7-8-12(14)3)23(21,22)16-13-6-5-9-17-15(13)18-19-16/h5-10H,4H2,1-3H3,(H,17,18,19). The van der Waals surface area contributed by atoms with Crippen LogP contribution in [0.25, 0.3) is 11.0 Å². The average Bonchev–Trinajstić information content (AvgIpc) is 2.96. The van der Waals surface area contributed by atoms with Crippen LogP contribution in [0.4, 0.5) is 5.69 Å². The number of fused-ring (bicyclic) bond motifs is 1. The van der Waals surface area contributed by atoms with Gasteiger partial charge < -0.3 is 0 Å². The van der Waals surface area contributed by atoms with E-state index in [9.17, 15) is 8.42 Å². The van der Waals surface area contributed by atoms with Crippen molar-refractivity contribution in [3.63, 3.8) is 0 Å². The highest BCUT2D eigenvalue weighted by molar-refractivity contribution is 7.93. The molecule has 0 fully saturated rings. The molecular weight excluding hydrogens is 312 g/mol. The summed E-state index contributed by atoms with van der Waals surface area (Å²) >= 11 is 0. The van der Waals surface area contributed by atoms with Crippen LogP contribution in [0.5, 0.6) is 0 Å². The monoisotopic (exact) mass is 330 g/mol. The van der Waals surface area contributed by atoms with Crippen molar-refractivity contribution in [1.82, 2.24) is 15.2 Å². The lowest BCUT2D eigenvalue weighted by Gasteiger charge is -2.24. The first-order valence-corrected chi connectivity index (χ1v) is 8.78. The fourth-order valence-corrected chi connectivity index (χ4v) is 4.21. The summed E-state index contributed by atoms with van der Waals surface area (Å²) in [6.45, 7) is 5.99. The zero-order valence-corrected chi connectivity index (χ0v) is 14.1. The number of rotatable bonds is 4. The Bertz CT molecular complexity index is 963. The van der Waals surface area contributed by atoms with Crippen molar-refractivity contribution >= 4 is 26.7 Å². The SMILES string of the molecule is CCN(c1cc(C)ccc1C)S(=O)(=O)c1[nH]nc2ncccc12. The molecule has 1 aromatic carbocycles. The van der Waals surface area contributed by atoms with Gasteiger partial charge in [-0.1, -0.05) is 12.1 Å². The summed E-state index contributed by atoms with van der Waals surface area (Å²) in [6.07, 6.45) is 1.59. The highest BCUT2D eigenvalue weighted by Gasteiger charge is 2.28. The van der Waals surface area contributed by atoms with Crippen LogP contribution in [0, 0.1) is 13.8 Å². The number of pyridine rings is 1. The third-order valence-corrected chi connectivity index (χ3v) is 5.63. The zero-order valence-electron chi connectivity index (χ0n) is 13.2. The molecule has 3 rings (SSSR count). The van der Waals surface area contributed by atoms with Crippen molar-refractivity contribution in [3.05, 3.63) is 47.7 Å². The van der Waals surface area contributed by atoms with E-state index in [1.807, 2.05) is 39.0 Å². The van der Waals surface area contributed by atoms with Gasteiger partial charge in [-0.15, -0.1) is 0 Å². The highest BCUT2D eigenvalue weighted by Crippen LogP contribution is 2.29. The molecule has 0 aliphatic heterocycles. The van der Waals surface area contributed by atoms with Crippen LogP contribution in [0.2, 0.25) is 0 Å². The van der Waals surface area contributed by atoms with Gasteiger partial charge >= 0.3 is 0 Å². The molecule has 0 saturated carbocycles. The number of aromatic amines is 1. The van der Waals surface area contributed by atoms with Gasteiger partial charge in [0.15, 0.2) is 10.7 Å². The Morgan fingerprint density at radius 2 is 2.00 bits per heavy atom. The van der Waals surface area contributed by atoms with Crippen LogP contribution in [0.3, 0.4) is 0 Å². The Balaban J connectivity index is 2.19. The second-order valence-corrected chi connectivity index (χ2v) is 7.19. The van der Waals surface area contributed by atoms with Crippen LogP contribution in [0.15, 0.2) is 41.6 Å². The lowest BCUT2D eigenvalue weighted by Crippen LogP contribution is -2.31. The third-order valence-electron chi connectivity index (χ3n) is 3.76. The molecule has 0 spiro atoms. The van der Waals surface area contributed by atoms with Gasteiger partial charge in [-0.2, -0.15) is 13.5 Å². The number of sulfonamides is 1. The predicted molar refractivity (Wildman–Crippen MR) is 90.0 cm³/mol. The molecule has 0 bridgehead atoms. The van der Waals surface area contributed by atoms with Gasteiger partial charge in [0.05, 0.1) is 11.1 Å². The van der Waals surface area contributed by atoms with Gasteiger partial charge in [0.2, 0.25) is 0 Å². The molecule has 0 unspecified atom stereocenters. The van der Waals surface area contributed by atoms with Crippen LogP contribution in [0.1, 0.15) is 18.1 Å². The number of anilines is 1. The van der Waals surface area contributed by atoms with Gasteiger partial charge in [0.25, 0.3) is 10.0 Å². The Morgan fingerprint density at radius 1 is 1.22 bits per heavy atom. The van der Waals surface area contributed by atoms with Crippen molar-refractivity contribution in [2.75, 3.05) is 10.8 Å². The van der Waals surface area contributed by atoms with E-state index in [0.29, 0.717) is 23.3 Å². The second kappa shape index (κ2) is 5.66. The van der Waals surface area contributed by atoms with Crippen LogP contribution in [-0.2, 0) is 10.0 Å². The van der Waals surface area contributed by atoms with Gasteiger partial charge in [-0.3, -0.25) is 9.40 Å². The maximum Gasteiger partial charge on any atom is 0.281 e. The molecule has 7 heteroatoms. The van der Waals surface area contributed by atoms with E-state index >= 15 is 0 Å². The first-order valence-electron chi connectivity index (χ1n) is 7.34. The fourth-order valence-electron chi connectivity index (χ4n) is 2.59. The topological polar surface area (TPSA) is 79.0 Å². The molecule has 3 aromatic rings. The maximum atomic E-state index is 13.1. The molecule has 0 atom stereocenters. The van der Waals surface area contributed by atoms with Crippen LogP contribution >= 0.6 is 0 Å². The normalized spacial score (nSPS) is 11.8. The lowest BCUT2D eigenvalue weighted by molar-refractivity contribution is 0.588. The number of hydrogen-bond acceptors (Lipinski definition) is 4. The minimum atomic E-state index is -3.75. The summed E-state index contributed by atoms with van der Waals surface area (Å²) in [4.78, 5) is 4.08. The first kappa shape index (κ1) is 15.5. The largest absolute Gasteiger partial charge is 0.281 e. The molecule has 0 radical (unpaired) electrons. The van der Waals surface area contributed by atoms with E-state index in [1.54, 1.807) is 18.3 Å². The summed E-state index contributed by atoms with van der Waals surface area (Å²) in [7, 11) is -3.75. The molecule has 1 N–H and O–H groups in total. The van der Waals surface area contributed by atoms with Crippen molar-refractivity contribution in [2.45, 2.75) is 25.8 Å². The molecule has 2 heterocycles.